The standard InChI is InChI=1S/C29H29N21O/c1-13-34-23-17(19(28(3,4)5)45-49(23)43-13)39-41-21-15(10-30)11-32-47(21)25-36-26(38-27(51)37-25)48-22(16(31-9)12-33-48)42-40-18-20(29(6,7)8)46-50-24(18)35-14(2)44-50/h11-12H,1-8H3,(H,34,43)(H,35,44)(H,36,37,38,51). The smallest absolute Gasteiger partial charge is 0.320 e. The van der Waals surface area contributed by atoms with Crippen molar-refractivity contribution in [3.8, 4) is 24.0 Å². The van der Waals surface area contributed by atoms with Crippen LogP contribution in [0.4, 0.5) is 28.7 Å². The Morgan fingerprint density at radius 3 is 1.73 bits per heavy atom. The summed E-state index contributed by atoms with van der Waals surface area (Å²) in [5.74, 6) is 0.704. The van der Waals surface area contributed by atoms with Gasteiger partial charge in [0.25, 0.3) is 17.6 Å². The van der Waals surface area contributed by atoms with Gasteiger partial charge in [-0.3, -0.25) is 0 Å². The number of rotatable bonds is 6. The van der Waals surface area contributed by atoms with Gasteiger partial charge >= 0.3 is 6.01 Å². The van der Waals surface area contributed by atoms with Crippen LogP contribution in [0.25, 0.3) is 28.0 Å². The molecular formula is C29H29N21O. The Morgan fingerprint density at radius 2 is 1.24 bits per heavy atom. The lowest BCUT2D eigenvalue weighted by molar-refractivity contribution is 0.423. The van der Waals surface area contributed by atoms with E-state index in [1.54, 1.807) is 13.8 Å². The van der Waals surface area contributed by atoms with Crippen molar-refractivity contribution in [1.82, 2.24) is 74.1 Å². The molecule has 0 fully saturated rings. The molecule has 22 nitrogen and oxygen atoms in total. The molecule has 0 unspecified atom stereocenters. The monoisotopic (exact) mass is 687 g/mol. The zero-order valence-corrected chi connectivity index (χ0v) is 28.6. The summed E-state index contributed by atoms with van der Waals surface area (Å²) in [4.78, 5) is 22.3. The first kappa shape index (κ1) is 32.3. The molecule has 51 heavy (non-hydrogen) atoms. The maximum absolute atomic E-state index is 10.7. The molecule has 0 aliphatic heterocycles. The highest BCUT2D eigenvalue weighted by Gasteiger charge is 2.28. The largest absolute Gasteiger partial charge is 0.479 e. The maximum Gasteiger partial charge on any atom is 0.320 e. The quantitative estimate of drug-likeness (QED) is 0.152. The fourth-order valence-electron chi connectivity index (χ4n) is 5.08. The van der Waals surface area contributed by atoms with Crippen LogP contribution < -0.4 is 0 Å². The van der Waals surface area contributed by atoms with Crippen LogP contribution in [0, 0.1) is 31.8 Å². The van der Waals surface area contributed by atoms with Crippen molar-refractivity contribution in [2.24, 2.45) is 20.5 Å². The van der Waals surface area contributed by atoms with E-state index in [4.69, 9.17) is 6.57 Å². The zero-order valence-electron chi connectivity index (χ0n) is 28.6. The van der Waals surface area contributed by atoms with Gasteiger partial charge in [-0.25, -0.2) is 4.85 Å². The summed E-state index contributed by atoms with van der Waals surface area (Å²) in [5.41, 5.74) is 2.29. The van der Waals surface area contributed by atoms with Crippen molar-refractivity contribution in [3.63, 3.8) is 0 Å². The fourth-order valence-corrected chi connectivity index (χ4v) is 5.08. The number of H-pyrrole nitrogens is 2. The summed E-state index contributed by atoms with van der Waals surface area (Å²) in [6, 6.07) is 1.33. The molecule has 0 amide bonds. The van der Waals surface area contributed by atoms with Crippen LogP contribution in [0.15, 0.2) is 32.9 Å². The van der Waals surface area contributed by atoms with Gasteiger partial charge in [0, 0.05) is 10.8 Å². The Balaban J connectivity index is 1.32. The molecule has 0 radical (unpaired) electrons. The van der Waals surface area contributed by atoms with E-state index in [2.05, 4.69) is 80.8 Å². The second-order valence-corrected chi connectivity index (χ2v) is 13.4. The molecule has 0 atom stereocenters. The highest BCUT2D eigenvalue weighted by atomic mass is 16.3. The summed E-state index contributed by atoms with van der Waals surface area (Å²) < 4.78 is 5.11. The molecule has 0 saturated heterocycles. The van der Waals surface area contributed by atoms with Gasteiger partial charge < -0.3 is 15.1 Å². The fraction of sp³-hybridized carbons (Fsp3) is 0.345. The number of hydrogen-bond donors (Lipinski definition) is 3. The normalized spacial score (nSPS) is 12.6. The Labute approximate surface area is 287 Å². The third-order valence-electron chi connectivity index (χ3n) is 7.37. The SMILES string of the molecule is [C-]#[N+]c1cnn(-c2nc(O)nc(-n3ncc(C#N)c3N=Nc3c(C(C)(C)C)nn4nc(C)[nH]c34)n2)c1N=Nc1c(C(C)(C)C)nn2nc(C)[nH]c12. The lowest BCUT2D eigenvalue weighted by Gasteiger charge is -2.15. The van der Waals surface area contributed by atoms with Crippen molar-refractivity contribution in [1.29, 1.82) is 5.26 Å². The van der Waals surface area contributed by atoms with Crippen LogP contribution in [-0.2, 0) is 10.8 Å². The average molecular weight is 688 g/mol. The number of aromatic hydroxyl groups is 1. The van der Waals surface area contributed by atoms with Crippen molar-refractivity contribution in [2.45, 2.75) is 66.2 Å². The van der Waals surface area contributed by atoms with Crippen LogP contribution in [0.3, 0.4) is 0 Å². The minimum Gasteiger partial charge on any atom is -0.479 e. The molecule has 0 saturated carbocycles. The molecule has 0 bridgehead atoms. The Kier molecular flexibility index (Phi) is 7.25. The van der Waals surface area contributed by atoms with Crippen molar-refractivity contribution >= 4 is 40.0 Å². The van der Waals surface area contributed by atoms with Gasteiger partial charge in [-0.05, 0) is 13.8 Å². The molecule has 7 rings (SSSR count). The molecule has 0 aliphatic rings. The first-order valence-electron chi connectivity index (χ1n) is 15.3. The van der Waals surface area contributed by atoms with Crippen LogP contribution >= 0.6 is 0 Å². The summed E-state index contributed by atoms with van der Waals surface area (Å²) in [6.45, 7) is 23.1. The highest BCUT2D eigenvalue weighted by molar-refractivity contribution is 5.69. The van der Waals surface area contributed by atoms with E-state index < -0.39 is 16.8 Å². The van der Waals surface area contributed by atoms with E-state index in [-0.39, 0.29) is 34.8 Å². The van der Waals surface area contributed by atoms with E-state index >= 15 is 0 Å². The highest BCUT2D eigenvalue weighted by Crippen LogP contribution is 2.38. The van der Waals surface area contributed by atoms with Crippen LogP contribution in [0.5, 0.6) is 6.01 Å². The predicted octanol–water partition coefficient (Wildman–Crippen LogP) is 5.16. The van der Waals surface area contributed by atoms with Gasteiger partial charge in [0.1, 0.15) is 23.3 Å². The lowest BCUT2D eigenvalue weighted by atomic mass is 9.91. The number of hydrogen-bond acceptors (Lipinski definition) is 15. The average Bonchev–Trinajstić information content (AvgIpc) is 3.88. The van der Waals surface area contributed by atoms with Crippen LogP contribution in [-0.4, -0.2) is 79.2 Å². The second-order valence-electron chi connectivity index (χ2n) is 13.4. The van der Waals surface area contributed by atoms with Gasteiger partial charge in [0.2, 0.25) is 0 Å². The molecule has 0 aliphatic carbocycles. The number of nitriles is 1. The van der Waals surface area contributed by atoms with E-state index in [1.165, 1.54) is 21.7 Å². The Hall–Kier alpha value is -7.23. The van der Waals surface area contributed by atoms with E-state index in [0.29, 0.717) is 45.7 Å². The second kappa shape index (κ2) is 11.4. The van der Waals surface area contributed by atoms with E-state index in [1.807, 2.05) is 47.6 Å². The van der Waals surface area contributed by atoms with Crippen LogP contribution in [0.2, 0.25) is 0 Å². The Morgan fingerprint density at radius 1 is 0.745 bits per heavy atom. The summed E-state index contributed by atoms with van der Waals surface area (Å²) in [6.07, 6.45) is 2.52. The maximum atomic E-state index is 10.7. The molecule has 7 heterocycles. The topological polar surface area (TPSA) is 264 Å². The van der Waals surface area contributed by atoms with E-state index in [9.17, 15) is 10.4 Å². The van der Waals surface area contributed by atoms with Gasteiger partial charge in [-0.2, -0.15) is 50.0 Å². The lowest BCUT2D eigenvalue weighted by Crippen LogP contribution is -2.12. The number of aromatic nitrogens is 15. The molecule has 7 aromatic heterocycles. The zero-order chi connectivity index (χ0) is 36.4. The van der Waals surface area contributed by atoms with Crippen molar-refractivity contribution < 1.29 is 5.11 Å². The number of nitrogens with zero attached hydrogens (tertiary/aromatic N) is 19. The van der Waals surface area contributed by atoms with Crippen molar-refractivity contribution in [3.05, 3.63) is 52.4 Å². The molecule has 7 aromatic rings. The molecule has 256 valence electrons. The van der Waals surface area contributed by atoms with Crippen molar-refractivity contribution in [2.75, 3.05) is 0 Å². The van der Waals surface area contributed by atoms with Gasteiger partial charge in [0.05, 0.1) is 30.4 Å². The summed E-state index contributed by atoms with van der Waals surface area (Å²) in [7, 11) is 0. The molecule has 0 spiro atoms. The van der Waals surface area contributed by atoms with Crippen LogP contribution in [0.1, 0.15) is 70.1 Å². The molecule has 0 aromatic carbocycles. The van der Waals surface area contributed by atoms with Gasteiger partial charge in [-0.15, -0.1) is 39.9 Å². The first-order valence-corrected chi connectivity index (χ1v) is 15.3. The number of aryl methyl sites for hydroxylation is 2. The molecule has 3 N–H and O–H groups in total. The third-order valence-corrected chi connectivity index (χ3v) is 7.37. The summed E-state index contributed by atoms with van der Waals surface area (Å²) in [5, 5.41) is 64.6. The minimum atomic E-state index is -0.711. The van der Waals surface area contributed by atoms with Gasteiger partial charge in [0.15, 0.2) is 34.3 Å². The third kappa shape index (κ3) is 5.59. The Bertz CT molecular complexity index is 2450. The van der Waals surface area contributed by atoms with E-state index in [0.717, 1.165) is 9.36 Å². The number of azo groups is 2. The predicted molar refractivity (Wildman–Crippen MR) is 177 cm³/mol. The molecular weight excluding hydrogens is 658 g/mol. The summed E-state index contributed by atoms with van der Waals surface area (Å²) >= 11 is 0. The number of fused-ring (bicyclic) bond motifs is 2. The number of nitrogens with one attached hydrogen (secondary N) is 2. The molecule has 22 heteroatoms. The van der Waals surface area contributed by atoms with Gasteiger partial charge in [-0.1, -0.05) is 41.5 Å². The minimum absolute atomic E-state index is 0.0262. The first-order chi connectivity index (χ1) is 24.2. The number of aromatic amines is 2.